The van der Waals surface area contributed by atoms with Gasteiger partial charge in [-0.2, -0.15) is 0 Å². The van der Waals surface area contributed by atoms with Crippen LogP contribution in [0.25, 0.3) is 0 Å². The Kier molecular flexibility index (Phi) is 2.26. The Morgan fingerprint density at radius 2 is 2.15 bits per heavy atom. The molecule has 1 aromatic rings. The Labute approximate surface area is 81.7 Å². The van der Waals surface area contributed by atoms with E-state index in [4.69, 9.17) is 17.3 Å². The highest BCUT2D eigenvalue weighted by Gasteiger charge is 2.30. The third-order valence-corrected chi connectivity index (χ3v) is 2.79. The van der Waals surface area contributed by atoms with Crippen molar-refractivity contribution in [1.29, 1.82) is 0 Å². The van der Waals surface area contributed by atoms with Gasteiger partial charge in [-0.3, -0.25) is 0 Å². The molecule has 1 fully saturated rings. The van der Waals surface area contributed by atoms with E-state index >= 15 is 0 Å². The van der Waals surface area contributed by atoms with Gasteiger partial charge in [0.25, 0.3) is 0 Å². The number of hydrogen-bond acceptors (Lipinski definition) is 1. The number of nitrogens with two attached hydrogens (primary N) is 1. The molecule has 1 saturated carbocycles. The third kappa shape index (κ3) is 1.84. The summed E-state index contributed by atoms with van der Waals surface area (Å²) in [4.78, 5) is 0. The molecule has 3 heteroatoms. The fourth-order valence-corrected chi connectivity index (χ4v) is 1.72. The van der Waals surface area contributed by atoms with Crippen LogP contribution in [0.2, 0.25) is 5.02 Å². The van der Waals surface area contributed by atoms with Crippen LogP contribution in [0.3, 0.4) is 0 Å². The molecule has 0 heterocycles. The molecule has 2 N–H and O–H groups in total. The second kappa shape index (κ2) is 3.28. The lowest BCUT2D eigenvalue weighted by Gasteiger charge is -2.12. The van der Waals surface area contributed by atoms with E-state index in [1.807, 2.05) is 0 Å². The monoisotopic (exact) mass is 199 g/mol. The van der Waals surface area contributed by atoms with E-state index in [0.29, 0.717) is 10.9 Å². The fourth-order valence-electron chi connectivity index (χ4n) is 1.48. The zero-order chi connectivity index (χ0) is 9.42. The van der Waals surface area contributed by atoms with Crippen molar-refractivity contribution in [2.24, 2.45) is 11.7 Å². The molecule has 0 spiro atoms. The van der Waals surface area contributed by atoms with Gasteiger partial charge in [-0.15, -0.1) is 0 Å². The summed E-state index contributed by atoms with van der Waals surface area (Å²) in [6, 6.07) is 4.26. The van der Waals surface area contributed by atoms with Crippen LogP contribution in [0.1, 0.15) is 24.4 Å². The first kappa shape index (κ1) is 8.97. The van der Waals surface area contributed by atoms with E-state index in [1.54, 1.807) is 6.07 Å². The molecule has 2 rings (SSSR count). The van der Waals surface area contributed by atoms with Crippen molar-refractivity contribution in [3.05, 3.63) is 34.6 Å². The zero-order valence-corrected chi connectivity index (χ0v) is 7.89. The Bertz CT molecular complexity index is 323. The van der Waals surface area contributed by atoms with Crippen LogP contribution in [-0.2, 0) is 0 Å². The highest BCUT2D eigenvalue weighted by molar-refractivity contribution is 6.31. The van der Waals surface area contributed by atoms with Gasteiger partial charge in [0, 0.05) is 11.1 Å². The Morgan fingerprint density at radius 1 is 1.46 bits per heavy atom. The van der Waals surface area contributed by atoms with Crippen LogP contribution in [0, 0.1) is 11.7 Å². The average Bonchev–Trinajstić information content (AvgIpc) is 2.91. The van der Waals surface area contributed by atoms with Crippen LogP contribution in [0.4, 0.5) is 4.39 Å². The minimum Gasteiger partial charge on any atom is -0.324 e. The summed E-state index contributed by atoms with van der Waals surface area (Å²) in [5, 5.41) is 0.570. The largest absolute Gasteiger partial charge is 0.324 e. The molecule has 1 aromatic carbocycles. The fraction of sp³-hybridized carbons (Fsp3) is 0.400. The van der Waals surface area contributed by atoms with Crippen molar-refractivity contribution >= 4 is 11.6 Å². The second-order valence-electron chi connectivity index (χ2n) is 3.53. The maximum Gasteiger partial charge on any atom is 0.123 e. The van der Waals surface area contributed by atoms with Gasteiger partial charge in [0.05, 0.1) is 0 Å². The number of halogens is 2. The molecule has 1 atom stereocenters. The summed E-state index contributed by atoms with van der Waals surface area (Å²) < 4.78 is 12.9. The molecule has 0 aliphatic heterocycles. The van der Waals surface area contributed by atoms with E-state index in [2.05, 4.69) is 0 Å². The molecule has 13 heavy (non-hydrogen) atoms. The van der Waals surface area contributed by atoms with Gasteiger partial charge in [-0.05, 0) is 42.5 Å². The summed E-state index contributed by atoms with van der Waals surface area (Å²) >= 11 is 5.92. The van der Waals surface area contributed by atoms with Gasteiger partial charge in [0.2, 0.25) is 0 Å². The van der Waals surface area contributed by atoms with E-state index in [1.165, 1.54) is 12.1 Å². The minimum absolute atomic E-state index is 0.0943. The van der Waals surface area contributed by atoms with Crippen molar-refractivity contribution in [3.8, 4) is 0 Å². The van der Waals surface area contributed by atoms with Gasteiger partial charge < -0.3 is 5.73 Å². The summed E-state index contributed by atoms with van der Waals surface area (Å²) in [7, 11) is 0. The van der Waals surface area contributed by atoms with E-state index in [9.17, 15) is 4.39 Å². The zero-order valence-electron chi connectivity index (χ0n) is 7.13. The van der Waals surface area contributed by atoms with Crippen LogP contribution >= 0.6 is 11.6 Å². The Hall–Kier alpha value is -0.600. The average molecular weight is 200 g/mol. The summed E-state index contributed by atoms with van der Waals surface area (Å²) in [6.07, 6.45) is 2.27. The van der Waals surface area contributed by atoms with Crippen molar-refractivity contribution < 1.29 is 4.39 Å². The highest BCUT2D eigenvalue weighted by Crippen LogP contribution is 2.41. The molecule has 70 valence electrons. The van der Waals surface area contributed by atoms with Gasteiger partial charge in [0.1, 0.15) is 5.82 Å². The van der Waals surface area contributed by atoms with Crippen LogP contribution in [0.5, 0.6) is 0 Å². The van der Waals surface area contributed by atoms with Gasteiger partial charge in [0.15, 0.2) is 0 Å². The van der Waals surface area contributed by atoms with Gasteiger partial charge >= 0.3 is 0 Å². The van der Waals surface area contributed by atoms with Gasteiger partial charge in [-0.1, -0.05) is 11.6 Å². The molecule has 0 radical (unpaired) electrons. The topological polar surface area (TPSA) is 26.0 Å². The normalized spacial score (nSPS) is 18.7. The molecular weight excluding hydrogens is 189 g/mol. The lowest BCUT2D eigenvalue weighted by molar-refractivity contribution is 0.602. The molecule has 1 aliphatic carbocycles. The third-order valence-electron chi connectivity index (χ3n) is 2.45. The first-order valence-corrected chi connectivity index (χ1v) is 4.77. The molecule has 0 aromatic heterocycles. The summed E-state index contributed by atoms with van der Waals surface area (Å²) in [6.45, 7) is 0. The standard InChI is InChI=1S/C10H11ClFN/c11-9-4-3-7(12)5-8(9)10(13)6-1-2-6/h3-6,10H,1-2,13H2. The number of hydrogen-bond donors (Lipinski definition) is 1. The van der Waals surface area contributed by atoms with Crippen molar-refractivity contribution in [3.63, 3.8) is 0 Å². The second-order valence-corrected chi connectivity index (χ2v) is 3.94. The van der Waals surface area contributed by atoms with Crippen LogP contribution < -0.4 is 5.73 Å². The van der Waals surface area contributed by atoms with Crippen LogP contribution in [0.15, 0.2) is 18.2 Å². The van der Waals surface area contributed by atoms with Crippen molar-refractivity contribution in [1.82, 2.24) is 0 Å². The molecular formula is C10H11ClFN. The van der Waals surface area contributed by atoms with E-state index in [0.717, 1.165) is 18.4 Å². The smallest absolute Gasteiger partial charge is 0.123 e. The van der Waals surface area contributed by atoms with E-state index in [-0.39, 0.29) is 11.9 Å². The maximum absolute atomic E-state index is 12.9. The molecule has 0 saturated heterocycles. The molecule has 1 nitrogen and oxygen atoms in total. The van der Waals surface area contributed by atoms with E-state index < -0.39 is 0 Å². The number of rotatable bonds is 2. The van der Waals surface area contributed by atoms with Gasteiger partial charge in [-0.25, -0.2) is 4.39 Å². The minimum atomic E-state index is -0.268. The summed E-state index contributed by atoms with van der Waals surface area (Å²) in [5.74, 6) is 0.231. The Morgan fingerprint density at radius 3 is 2.77 bits per heavy atom. The van der Waals surface area contributed by atoms with Crippen molar-refractivity contribution in [2.45, 2.75) is 18.9 Å². The van der Waals surface area contributed by atoms with Crippen molar-refractivity contribution in [2.75, 3.05) is 0 Å². The summed E-state index contributed by atoms with van der Waals surface area (Å²) in [5.41, 5.74) is 6.66. The lowest BCUT2D eigenvalue weighted by Crippen LogP contribution is -2.13. The highest BCUT2D eigenvalue weighted by atomic mass is 35.5. The Balaban J connectivity index is 2.31. The quantitative estimate of drug-likeness (QED) is 0.779. The first-order chi connectivity index (χ1) is 6.18. The maximum atomic E-state index is 12.9. The number of benzene rings is 1. The first-order valence-electron chi connectivity index (χ1n) is 4.39. The lowest BCUT2D eigenvalue weighted by atomic mass is 10.0. The molecule has 0 amide bonds. The predicted molar refractivity (Wildman–Crippen MR) is 51.1 cm³/mol. The molecule has 1 aliphatic rings. The molecule has 1 unspecified atom stereocenters. The van der Waals surface area contributed by atoms with Crippen LogP contribution in [-0.4, -0.2) is 0 Å². The SMILES string of the molecule is NC(c1cc(F)ccc1Cl)C1CC1. The molecule has 0 bridgehead atoms. The predicted octanol–water partition coefficient (Wildman–Crippen LogP) is 2.89.